The summed E-state index contributed by atoms with van der Waals surface area (Å²) in [6.07, 6.45) is 4.86. The molecule has 0 bridgehead atoms. The van der Waals surface area contributed by atoms with Crippen LogP contribution in [-0.2, 0) is 9.53 Å². The van der Waals surface area contributed by atoms with Gasteiger partial charge in [0.2, 0.25) is 0 Å². The Bertz CT molecular complexity index is 696. The molecule has 0 unspecified atom stereocenters. The van der Waals surface area contributed by atoms with Crippen LogP contribution < -0.4 is 16.0 Å². The zero-order valence-corrected chi connectivity index (χ0v) is 17.6. The molecule has 1 aromatic rings. The molecule has 29 heavy (non-hydrogen) atoms. The number of rotatable bonds is 5. The Morgan fingerprint density at radius 2 is 1.28 bits per heavy atom. The highest BCUT2D eigenvalue weighted by molar-refractivity contribution is 5.98. The monoisotopic (exact) mass is 423 g/mol. The van der Waals surface area contributed by atoms with Gasteiger partial charge in [-0.2, -0.15) is 0 Å². The molecule has 1 aliphatic carbocycles. The van der Waals surface area contributed by atoms with Crippen LogP contribution >= 0.6 is 12.4 Å². The lowest BCUT2D eigenvalue weighted by Gasteiger charge is -2.27. The largest absolute Gasteiger partial charge is 0.469 e. The van der Waals surface area contributed by atoms with Crippen LogP contribution in [0.5, 0.6) is 0 Å². The van der Waals surface area contributed by atoms with Gasteiger partial charge in [0, 0.05) is 23.2 Å². The maximum atomic E-state index is 12.5. The molecule has 8 heteroatoms. The molecule has 7 nitrogen and oxygen atoms in total. The summed E-state index contributed by atoms with van der Waals surface area (Å²) in [5.41, 5.74) is 1.10. The van der Waals surface area contributed by atoms with Crippen LogP contribution in [0.4, 0.5) is 0 Å². The van der Waals surface area contributed by atoms with E-state index in [1.807, 2.05) is 0 Å². The summed E-state index contributed by atoms with van der Waals surface area (Å²) in [4.78, 5) is 36.4. The number of halogens is 1. The van der Waals surface area contributed by atoms with Crippen LogP contribution in [0.2, 0.25) is 0 Å². The number of carbonyl (C=O) groups excluding carboxylic acids is 3. The third kappa shape index (κ3) is 6.44. The number of benzene rings is 1. The fraction of sp³-hybridized carbons (Fsp3) is 0.571. The number of nitrogens with one attached hydrogen (secondary N) is 3. The Hall–Kier alpha value is -2.12. The summed E-state index contributed by atoms with van der Waals surface area (Å²) in [6.45, 7) is 1.84. The number of amides is 2. The minimum atomic E-state index is -0.164. The second-order valence-electron chi connectivity index (χ2n) is 7.62. The van der Waals surface area contributed by atoms with Crippen LogP contribution in [0, 0.1) is 5.92 Å². The van der Waals surface area contributed by atoms with Crippen molar-refractivity contribution in [3.63, 3.8) is 0 Å². The predicted octanol–water partition coefficient (Wildman–Crippen LogP) is 2.05. The van der Waals surface area contributed by atoms with E-state index < -0.39 is 0 Å². The van der Waals surface area contributed by atoms with E-state index >= 15 is 0 Å². The van der Waals surface area contributed by atoms with E-state index in [9.17, 15) is 14.4 Å². The SMILES string of the molecule is COC(=O)C1CCC(NC(=O)c2ccc(C(=O)NC3CCNCC3)cc2)CC1.Cl. The standard InChI is InChI=1S/C21H29N3O4.ClH/c1-28-21(27)16-6-8-17(9-7-16)23-19(25)14-2-4-15(5-3-14)20(26)24-18-10-12-22-13-11-18;/h2-5,16-18,22H,6-13H2,1H3,(H,23,25)(H,24,26);1H. The number of esters is 1. The van der Waals surface area contributed by atoms with Crippen LogP contribution in [0.1, 0.15) is 59.2 Å². The maximum absolute atomic E-state index is 12.5. The van der Waals surface area contributed by atoms with Gasteiger partial charge >= 0.3 is 5.97 Å². The Balaban J connectivity index is 0.00000300. The summed E-state index contributed by atoms with van der Waals surface area (Å²) >= 11 is 0. The van der Waals surface area contributed by atoms with E-state index in [1.54, 1.807) is 24.3 Å². The number of methoxy groups -OCH3 is 1. The third-order valence-corrected chi connectivity index (χ3v) is 5.68. The van der Waals surface area contributed by atoms with E-state index in [0.717, 1.165) is 51.6 Å². The summed E-state index contributed by atoms with van der Waals surface area (Å²) in [5, 5.41) is 9.35. The highest BCUT2D eigenvalue weighted by atomic mass is 35.5. The van der Waals surface area contributed by atoms with Crippen molar-refractivity contribution in [3.8, 4) is 0 Å². The highest BCUT2D eigenvalue weighted by Crippen LogP contribution is 2.25. The molecule has 0 atom stereocenters. The second kappa shape index (κ2) is 11.2. The first-order chi connectivity index (χ1) is 13.6. The summed E-state index contributed by atoms with van der Waals surface area (Å²) in [7, 11) is 1.41. The van der Waals surface area contributed by atoms with Crippen molar-refractivity contribution in [1.29, 1.82) is 0 Å². The smallest absolute Gasteiger partial charge is 0.308 e. The minimum absolute atomic E-state index is 0. The molecule has 1 aromatic carbocycles. The van der Waals surface area contributed by atoms with Crippen molar-refractivity contribution in [2.75, 3.05) is 20.2 Å². The summed E-state index contributed by atoms with van der Waals surface area (Å²) in [6, 6.07) is 7.03. The zero-order chi connectivity index (χ0) is 19.9. The normalized spacial score (nSPS) is 22.1. The first-order valence-corrected chi connectivity index (χ1v) is 10.1. The molecule has 2 amide bonds. The number of piperidine rings is 1. The average molecular weight is 424 g/mol. The van der Waals surface area contributed by atoms with Crippen LogP contribution in [0.15, 0.2) is 24.3 Å². The number of carbonyl (C=O) groups is 3. The molecule has 0 aromatic heterocycles. The van der Waals surface area contributed by atoms with Gasteiger partial charge in [-0.15, -0.1) is 12.4 Å². The molecule has 3 N–H and O–H groups in total. The van der Waals surface area contributed by atoms with E-state index in [1.165, 1.54) is 7.11 Å². The van der Waals surface area contributed by atoms with Gasteiger partial charge < -0.3 is 20.7 Å². The third-order valence-electron chi connectivity index (χ3n) is 5.68. The Kier molecular flexibility index (Phi) is 8.92. The van der Waals surface area contributed by atoms with E-state index in [-0.39, 0.29) is 48.2 Å². The first kappa shape index (κ1) is 23.2. The molecule has 1 saturated carbocycles. The zero-order valence-electron chi connectivity index (χ0n) is 16.7. The van der Waals surface area contributed by atoms with Crippen molar-refractivity contribution < 1.29 is 19.1 Å². The Labute approximate surface area is 177 Å². The maximum Gasteiger partial charge on any atom is 0.308 e. The summed E-state index contributed by atoms with van der Waals surface area (Å²) < 4.78 is 4.79. The molecule has 1 aliphatic heterocycles. The molecule has 3 rings (SSSR count). The van der Waals surface area contributed by atoms with Gasteiger partial charge in [-0.1, -0.05) is 0 Å². The van der Waals surface area contributed by atoms with Crippen molar-refractivity contribution >= 4 is 30.2 Å². The van der Waals surface area contributed by atoms with E-state index in [4.69, 9.17) is 4.74 Å². The number of hydrogen-bond donors (Lipinski definition) is 3. The fourth-order valence-electron chi connectivity index (χ4n) is 3.92. The molecule has 2 fully saturated rings. The molecule has 0 radical (unpaired) electrons. The van der Waals surface area contributed by atoms with Gasteiger partial charge in [0.25, 0.3) is 11.8 Å². The van der Waals surface area contributed by atoms with Crippen molar-refractivity contribution in [3.05, 3.63) is 35.4 Å². The molecule has 2 aliphatic rings. The van der Waals surface area contributed by atoms with Gasteiger partial charge in [0.1, 0.15) is 0 Å². The van der Waals surface area contributed by atoms with Gasteiger partial charge in [-0.25, -0.2) is 0 Å². The van der Waals surface area contributed by atoms with Crippen molar-refractivity contribution in [2.24, 2.45) is 5.92 Å². The first-order valence-electron chi connectivity index (χ1n) is 10.1. The van der Waals surface area contributed by atoms with E-state index in [0.29, 0.717) is 11.1 Å². The lowest BCUT2D eigenvalue weighted by molar-refractivity contribution is -0.146. The molecule has 1 saturated heterocycles. The lowest BCUT2D eigenvalue weighted by atomic mass is 9.86. The Morgan fingerprint density at radius 1 is 0.828 bits per heavy atom. The Morgan fingerprint density at radius 3 is 1.72 bits per heavy atom. The van der Waals surface area contributed by atoms with Gasteiger partial charge in [-0.05, 0) is 75.9 Å². The fourth-order valence-corrected chi connectivity index (χ4v) is 3.92. The topological polar surface area (TPSA) is 96.5 Å². The molecule has 1 heterocycles. The van der Waals surface area contributed by atoms with Crippen LogP contribution in [-0.4, -0.2) is 50.1 Å². The van der Waals surface area contributed by atoms with Crippen LogP contribution in [0.25, 0.3) is 0 Å². The van der Waals surface area contributed by atoms with Gasteiger partial charge in [0.15, 0.2) is 0 Å². The number of ether oxygens (including phenoxy) is 1. The lowest BCUT2D eigenvalue weighted by Crippen LogP contribution is -2.42. The molecular formula is C21H30ClN3O4. The molecule has 160 valence electrons. The minimum Gasteiger partial charge on any atom is -0.469 e. The quantitative estimate of drug-likeness (QED) is 0.630. The van der Waals surface area contributed by atoms with Crippen LogP contribution in [0.3, 0.4) is 0 Å². The van der Waals surface area contributed by atoms with Gasteiger partial charge in [0.05, 0.1) is 13.0 Å². The van der Waals surface area contributed by atoms with Gasteiger partial charge in [-0.3, -0.25) is 14.4 Å². The van der Waals surface area contributed by atoms with E-state index in [2.05, 4.69) is 16.0 Å². The molecular weight excluding hydrogens is 394 g/mol. The highest BCUT2D eigenvalue weighted by Gasteiger charge is 2.27. The number of hydrogen-bond acceptors (Lipinski definition) is 5. The van der Waals surface area contributed by atoms with Crippen molar-refractivity contribution in [1.82, 2.24) is 16.0 Å². The predicted molar refractivity (Wildman–Crippen MR) is 112 cm³/mol. The van der Waals surface area contributed by atoms with Crippen molar-refractivity contribution in [2.45, 2.75) is 50.6 Å². The average Bonchev–Trinajstić information content (AvgIpc) is 2.74. The second-order valence-corrected chi connectivity index (χ2v) is 7.62. The summed E-state index contributed by atoms with van der Waals surface area (Å²) in [5.74, 6) is -0.467. The molecule has 0 spiro atoms.